The van der Waals surface area contributed by atoms with Gasteiger partial charge in [-0.2, -0.15) is 0 Å². The summed E-state index contributed by atoms with van der Waals surface area (Å²) in [5.41, 5.74) is 0.422. The molecule has 1 aliphatic carbocycles. The molecule has 0 bridgehead atoms. The fraction of sp³-hybridized carbons (Fsp3) is 1.00. The molecule has 2 unspecified atom stereocenters. The zero-order valence-corrected chi connectivity index (χ0v) is 13.9. The van der Waals surface area contributed by atoms with E-state index in [9.17, 15) is 0 Å². The summed E-state index contributed by atoms with van der Waals surface area (Å²) in [6.07, 6.45) is 12.4. The Balaban J connectivity index is 1.74. The molecule has 20 heavy (non-hydrogen) atoms. The van der Waals surface area contributed by atoms with Crippen molar-refractivity contribution in [3.63, 3.8) is 0 Å². The van der Waals surface area contributed by atoms with E-state index >= 15 is 0 Å². The molecule has 0 aromatic heterocycles. The van der Waals surface area contributed by atoms with Gasteiger partial charge in [-0.15, -0.1) is 0 Å². The SMILES string of the molecule is CC(CC1CCCCCN1)NCC1(N(C)C)CCCC1. The molecule has 2 atom stereocenters. The molecule has 0 radical (unpaired) electrons. The van der Waals surface area contributed by atoms with Gasteiger partial charge in [0.15, 0.2) is 0 Å². The van der Waals surface area contributed by atoms with E-state index < -0.39 is 0 Å². The zero-order valence-electron chi connectivity index (χ0n) is 13.9. The molecule has 0 aromatic carbocycles. The van der Waals surface area contributed by atoms with Crippen LogP contribution in [0.15, 0.2) is 0 Å². The van der Waals surface area contributed by atoms with E-state index in [0.717, 1.165) is 12.6 Å². The minimum absolute atomic E-state index is 0.422. The molecule has 3 nitrogen and oxygen atoms in total. The number of nitrogens with one attached hydrogen (secondary N) is 2. The van der Waals surface area contributed by atoms with Gasteiger partial charge in [-0.05, 0) is 59.7 Å². The topological polar surface area (TPSA) is 27.3 Å². The number of hydrogen-bond acceptors (Lipinski definition) is 3. The van der Waals surface area contributed by atoms with Gasteiger partial charge in [0.05, 0.1) is 0 Å². The molecule has 3 heteroatoms. The van der Waals surface area contributed by atoms with Crippen LogP contribution in [0.5, 0.6) is 0 Å². The van der Waals surface area contributed by atoms with Gasteiger partial charge < -0.3 is 15.5 Å². The van der Waals surface area contributed by atoms with Gasteiger partial charge in [0.25, 0.3) is 0 Å². The van der Waals surface area contributed by atoms with Gasteiger partial charge in [0.1, 0.15) is 0 Å². The van der Waals surface area contributed by atoms with Crippen LogP contribution in [0.4, 0.5) is 0 Å². The lowest BCUT2D eigenvalue weighted by molar-refractivity contribution is 0.148. The first-order chi connectivity index (χ1) is 9.62. The molecule has 0 aromatic rings. The van der Waals surface area contributed by atoms with Crippen LogP contribution in [-0.4, -0.2) is 49.7 Å². The highest BCUT2D eigenvalue weighted by atomic mass is 15.2. The van der Waals surface area contributed by atoms with Crippen LogP contribution in [0, 0.1) is 0 Å². The molecule has 118 valence electrons. The Labute approximate surface area is 125 Å². The van der Waals surface area contributed by atoms with E-state index in [1.54, 1.807) is 0 Å². The van der Waals surface area contributed by atoms with Crippen LogP contribution in [-0.2, 0) is 0 Å². The lowest BCUT2D eigenvalue weighted by atomic mass is 9.95. The van der Waals surface area contributed by atoms with Crippen LogP contribution in [0.25, 0.3) is 0 Å². The second kappa shape index (κ2) is 7.77. The summed E-state index contributed by atoms with van der Waals surface area (Å²) in [5, 5.41) is 7.56. The van der Waals surface area contributed by atoms with Crippen LogP contribution >= 0.6 is 0 Å². The summed E-state index contributed by atoms with van der Waals surface area (Å²) in [6.45, 7) is 4.75. The molecule has 1 aliphatic heterocycles. The summed E-state index contributed by atoms with van der Waals surface area (Å²) >= 11 is 0. The third-order valence-corrected chi connectivity index (χ3v) is 5.56. The first-order valence-corrected chi connectivity index (χ1v) is 8.77. The van der Waals surface area contributed by atoms with Gasteiger partial charge in [0.2, 0.25) is 0 Å². The summed E-state index contributed by atoms with van der Waals surface area (Å²) in [5.74, 6) is 0. The largest absolute Gasteiger partial charge is 0.314 e. The highest BCUT2D eigenvalue weighted by Gasteiger charge is 2.35. The summed E-state index contributed by atoms with van der Waals surface area (Å²) in [7, 11) is 4.51. The van der Waals surface area contributed by atoms with Crippen molar-refractivity contribution in [2.75, 3.05) is 27.2 Å². The normalized spacial score (nSPS) is 28.5. The van der Waals surface area contributed by atoms with E-state index in [1.165, 1.54) is 64.3 Å². The minimum atomic E-state index is 0.422. The first-order valence-electron chi connectivity index (χ1n) is 8.77. The lowest BCUT2D eigenvalue weighted by Gasteiger charge is -2.38. The molecule has 0 amide bonds. The zero-order chi connectivity index (χ0) is 14.4. The molecule has 2 fully saturated rings. The Hall–Kier alpha value is -0.120. The van der Waals surface area contributed by atoms with Crippen molar-refractivity contribution >= 4 is 0 Å². The standard InChI is InChI=1S/C17H35N3/c1-15(13-16-9-5-4-8-12-18-16)19-14-17(20(2)3)10-6-7-11-17/h15-16,18-19H,4-14H2,1-3H3. The Morgan fingerprint density at radius 3 is 2.60 bits per heavy atom. The molecule has 0 spiro atoms. The monoisotopic (exact) mass is 281 g/mol. The fourth-order valence-corrected chi connectivity index (χ4v) is 3.99. The maximum absolute atomic E-state index is 3.83. The molecule has 1 saturated carbocycles. The molecule has 2 aliphatic rings. The first kappa shape index (κ1) is 16.3. The Morgan fingerprint density at radius 2 is 1.90 bits per heavy atom. The maximum atomic E-state index is 3.83. The molecule has 1 heterocycles. The van der Waals surface area contributed by atoms with E-state index in [4.69, 9.17) is 0 Å². The third-order valence-electron chi connectivity index (χ3n) is 5.56. The predicted molar refractivity (Wildman–Crippen MR) is 87.2 cm³/mol. The van der Waals surface area contributed by atoms with Crippen molar-refractivity contribution in [3.8, 4) is 0 Å². The summed E-state index contributed by atoms with van der Waals surface area (Å²) < 4.78 is 0. The van der Waals surface area contributed by atoms with Gasteiger partial charge in [0, 0.05) is 24.2 Å². The van der Waals surface area contributed by atoms with Crippen molar-refractivity contribution in [1.82, 2.24) is 15.5 Å². The number of likely N-dealkylation sites (N-methyl/N-ethyl adjacent to an activating group) is 1. The average molecular weight is 281 g/mol. The average Bonchev–Trinajstić information content (AvgIpc) is 2.77. The minimum Gasteiger partial charge on any atom is -0.314 e. The van der Waals surface area contributed by atoms with Crippen molar-refractivity contribution in [2.45, 2.75) is 82.3 Å². The van der Waals surface area contributed by atoms with Crippen LogP contribution < -0.4 is 10.6 Å². The second-order valence-electron chi connectivity index (χ2n) is 7.34. The van der Waals surface area contributed by atoms with Crippen LogP contribution in [0.1, 0.15) is 64.7 Å². The fourth-order valence-electron chi connectivity index (χ4n) is 3.99. The molecular formula is C17H35N3. The van der Waals surface area contributed by atoms with E-state index in [-0.39, 0.29) is 0 Å². The Kier molecular flexibility index (Phi) is 6.31. The Bertz CT molecular complexity index is 263. The van der Waals surface area contributed by atoms with Gasteiger partial charge >= 0.3 is 0 Å². The molecule has 2 rings (SSSR count). The van der Waals surface area contributed by atoms with Crippen molar-refractivity contribution < 1.29 is 0 Å². The van der Waals surface area contributed by atoms with E-state index in [0.29, 0.717) is 11.6 Å². The van der Waals surface area contributed by atoms with Gasteiger partial charge in [-0.25, -0.2) is 0 Å². The van der Waals surface area contributed by atoms with E-state index in [1.807, 2.05) is 0 Å². The summed E-state index contributed by atoms with van der Waals surface area (Å²) in [4.78, 5) is 2.46. The number of hydrogen-bond donors (Lipinski definition) is 2. The van der Waals surface area contributed by atoms with E-state index in [2.05, 4.69) is 36.6 Å². The smallest absolute Gasteiger partial charge is 0.0327 e. The van der Waals surface area contributed by atoms with Gasteiger partial charge in [-0.1, -0.05) is 25.7 Å². The summed E-state index contributed by atoms with van der Waals surface area (Å²) in [6, 6.07) is 1.36. The lowest BCUT2D eigenvalue weighted by Crippen LogP contribution is -2.52. The van der Waals surface area contributed by atoms with Gasteiger partial charge in [-0.3, -0.25) is 0 Å². The highest BCUT2D eigenvalue weighted by molar-refractivity contribution is 4.95. The van der Waals surface area contributed by atoms with Crippen molar-refractivity contribution in [3.05, 3.63) is 0 Å². The Morgan fingerprint density at radius 1 is 1.15 bits per heavy atom. The number of rotatable bonds is 6. The molecule has 2 N–H and O–H groups in total. The number of nitrogens with zero attached hydrogens (tertiary/aromatic N) is 1. The second-order valence-corrected chi connectivity index (χ2v) is 7.34. The molecular weight excluding hydrogens is 246 g/mol. The maximum Gasteiger partial charge on any atom is 0.0327 e. The van der Waals surface area contributed by atoms with Crippen LogP contribution in [0.2, 0.25) is 0 Å². The quantitative estimate of drug-likeness (QED) is 0.784. The predicted octanol–water partition coefficient (Wildman–Crippen LogP) is 2.76. The van der Waals surface area contributed by atoms with Crippen molar-refractivity contribution in [2.24, 2.45) is 0 Å². The highest BCUT2D eigenvalue weighted by Crippen LogP contribution is 2.33. The van der Waals surface area contributed by atoms with Crippen molar-refractivity contribution in [1.29, 1.82) is 0 Å². The third kappa shape index (κ3) is 4.44. The molecule has 1 saturated heterocycles. The van der Waals surface area contributed by atoms with Crippen LogP contribution in [0.3, 0.4) is 0 Å².